The highest BCUT2D eigenvalue weighted by molar-refractivity contribution is 5.85. The monoisotopic (exact) mass is 234 g/mol. The molecule has 1 spiro atoms. The smallest absolute Gasteiger partial charge is 0.239 e. The topological polar surface area (TPSA) is 55.6 Å². The van der Waals surface area contributed by atoms with E-state index in [1.807, 2.05) is 4.90 Å². The van der Waals surface area contributed by atoms with Crippen LogP contribution < -0.4 is 5.73 Å². The Labute approximate surface area is 96.5 Å². The molecule has 2 heterocycles. The predicted molar refractivity (Wildman–Crippen MR) is 60.0 cm³/mol. The summed E-state index contributed by atoms with van der Waals surface area (Å²) in [4.78, 5) is 13.5. The van der Waals surface area contributed by atoms with E-state index in [2.05, 4.69) is 0 Å². The molecule has 88 valence electrons. The van der Waals surface area contributed by atoms with Crippen LogP contribution in [-0.4, -0.2) is 43.2 Å². The SMILES string of the molecule is CC(N)C(=O)N1CCC2(CCOC2)C1.Cl. The molecule has 2 rings (SSSR count). The minimum atomic E-state index is -0.368. The van der Waals surface area contributed by atoms with Crippen LogP contribution in [0.5, 0.6) is 0 Å². The fraction of sp³-hybridized carbons (Fsp3) is 0.900. The molecule has 0 radical (unpaired) electrons. The molecule has 2 N–H and O–H groups in total. The quantitative estimate of drug-likeness (QED) is 0.715. The highest BCUT2D eigenvalue weighted by Gasteiger charge is 2.42. The molecule has 0 aromatic carbocycles. The van der Waals surface area contributed by atoms with E-state index in [0.29, 0.717) is 0 Å². The van der Waals surface area contributed by atoms with Crippen LogP contribution >= 0.6 is 12.4 Å². The van der Waals surface area contributed by atoms with E-state index >= 15 is 0 Å². The molecule has 0 aromatic heterocycles. The summed E-state index contributed by atoms with van der Waals surface area (Å²) in [5.41, 5.74) is 5.83. The van der Waals surface area contributed by atoms with Gasteiger partial charge in [0.05, 0.1) is 12.6 Å². The molecule has 0 aliphatic carbocycles. The summed E-state index contributed by atoms with van der Waals surface area (Å²) >= 11 is 0. The van der Waals surface area contributed by atoms with E-state index in [-0.39, 0.29) is 29.8 Å². The first kappa shape index (κ1) is 12.7. The number of nitrogens with zero attached hydrogens (tertiary/aromatic N) is 1. The third-order valence-electron chi connectivity index (χ3n) is 3.32. The van der Waals surface area contributed by atoms with Gasteiger partial charge in [-0.2, -0.15) is 0 Å². The van der Waals surface area contributed by atoms with Crippen LogP contribution in [0.4, 0.5) is 0 Å². The summed E-state index contributed by atoms with van der Waals surface area (Å²) in [6.07, 6.45) is 2.17. The van der Waals surface area contributed by atoms with Crippen molar-refractivity contribution in [3.63, 3.8) is 0 Å². The average molecular weight is 235 g/mol. The van der Waals surface area contributed by atoms with Gasteiger partial charge < -0.3 is 15.4 Å². The van der Waals surface area contributed by atoms with Crippen molar-refractivity contribution in [3.05, 3.63) is 0 Å². The van der Waals surface area contributed by atoms with Crippen molar-refractivity contribution >= 4 is 18.3 Å². The highest BCUT2D eigenvalue weighted by atomic mass is 35.5. The lowest BCUT2D eigenvalue weighted by Crippen LogP contribution is -2.41. The van der Waals surface area contributed by atoms with Gasteiger partial charge in [0.15, 0.2) is 0 Å². The number of carbonyl (C=O) groups is 1. The normalized spacial score (nSPS) is 31.7. The van der Waals surface area contributed by atoms with E-state index in [9.17, 15) is 4.79 Å². The number of nitrogens with two attached hydrogens (primary N) is 1. The van der Waals surface area contributed by atoms with Crippen molar-refractivity contribution in [3.8, 4) is 0 Å². The second kappa shape index (κ2) is 4.68. The van der Waals surface area contributed by atoms with Crippen molar-refractivity contribution in [1.82, 2.24) is 4.90 Å². The maximum Gasteiger partial charge on any atom is 0.239 e. The number of halogens is 1. The maximum absolute atomic E-state index is 11.6. The Bertz CT molecular complexity index is 240. The van der Waals surface area contributed by atoms with Gasteiger partial charge in [0, 0.05) is 25.1 Å². The zero-order chi connectivity index (χ0) is 10.2. The summed E-state index contributed by atoms with van der Waals surface area (Å²) in [5.74, 6) is 0.0776. The molecule has 0 aromatic rings. The highest BCUT2D eigenvalue weighted by Crippen LogP contribution is 2.38. The summed E-state index contributed by atoms with van der Waals surface area (Å²) in [5, 5.41) is 0. The van der Waals surface area contributed by atoms with Crippen molar-refractivity contribution in [2.24, 2.45) is 11.1 Å². The molecule has 4 nitrogen and oxygen atoms in total. The van der Waals surface area contributed by atoms with Gasteiger partial charge in [0.2, 0.25) is 5.91 Å². The van der Waals surface area contributed by atoms with Gasteiger partial charge in [-0.1, -0.05) is 0 Å². The van der Waals surface area contributed by atoms with Crippen LogP contribution in [0.15, 0.2) is 0 Å². The van der Waals surface area contributed by atoms with Gasteiger partial charge in [-0.05, 0) is 19.8 Å². The van der Waals surface area contributed by atoms with Gasteiger partial charge in [0.25, 0.3) is 0 Å². The third-order valence-corrected chi connectivity index (χ3v) is 3.32. The number of amides is 1. The lowest BCUT2D eigenvalue weighted by Gasteiger charge is -2.23. The molecule has 2 aliphatic heterocycles. The molecule has 1 amide bonds. The molecule has 2 saturated heterocycles. The maximum atomic E-state index is 11.6. The van der Waals surface area contributed by atoms with Crippen LogP contribution in [-0.2, 0) is 9.53 Å². The molecule has 5 heteroatoms. The molecule has 2 fully saturated rings. The van der Waals surface area contributed by atoms with Crippen LogP contribution in [0.2, 0.25) is 0 Å². The summed E-state index contributed by atoms with van der Waals surface area (Å²) in [6.45, 7) is 5.10. The molecular formula is C10H19ClN2O2. The second-order valence-electron chi connectivity index (χ2n) is 4.60. The minimum Gasteiger partial charge on any atom is -0.381 e. The van der Waals surface area contributed by atoms with Gasteiger partial charge in [0.1, 0.15) is 0 Å². The summed E-state index contributed by atoms with van der Waals surface area (Å²) in [6, 6.07) is -0.368. The first-order valence-corrected chi connectivity index (χ1v) is 5.25. The minimum absolute atomic E-state index is 0. The Morgan fingerprint density at radius 3 is 2.80 bits per heavy atom. The summed E-state index contributed by atoms with van der Waals surface area (Å²) < 4.78 is 5.40. The van der Waals surface area contributed by atoms with Crippen molar-refractivity contribution in [1.29, 1.82) is 0 Å². The first-order chi connectivity index (χ1) is 6.63. The summed E-state index contributed by atoms with van der Waals surface area (Å²) in [7, 11) is 0. The number of ether oxygens (including phenoxy) is 1. The van der Waals surface area contributed by atoms with Gasteiger partial charge in [-0.25, -0.2) is 0 Å². The molecule has 0 bridgehead atoms. The Kier molecular flexibility index (Phi) is 3.98. The largest absolute Gasteiger partial charge is 0.381 e. The van der Waals surface area contributed by atoms with Crippen LogP contribution in [0.3, 0.4) is 0 Å². The number of likely N-dealkylation sites (tertiary alicyclic amines) is 1. The lowest BCUT2D eigenvalue weighted by molar-refractivity contribution is -0.131. The third kappa shape index (κ3) is 2.44. The Morgan fingerprint density at radius 1 is 1.53 bits per heavy atom. The van der Waals surface area contributed by atoms with Gasteiger partial charge >= 0.3 is 0 Å². The van der Waals surface area contributed by atoms with E-state index in [1.54, 1.807) is 6.92 Å². The molecule has 2 unspecified atom stereocenters. The van der Waals surface area contributed by atoms with Crippen molar-refractivity contribution < 1.29 is 9.53 Å². The second-order valence-corrected chi connectivity index (χ2v) is 4.60. The fourth-order valence-electron chi connectivity index (χ4n) is 2.38. The number of hydrogen-bond donors (Lipinski definition) is 1. The van der Waals surface area contributed by atoms with Gasteiger partial charge in [-0.3, -0.25) is 4.79 Å². The standard InChI is InChI=1S/C10H18N2O2.ClH/c1-8(11)9(13)12-4-2-10(6-12)3-5-14-7-10;/h8H,2-7,11H2,1H3;1H. The Hall–Kier alpha value is -0.320. The van der Waals surface area contributed by atoms with E-state index in [4.69, 9.17) is 10.5 Å². The van der Waals surface area contributed by atoms with E-state index in [0.717, 1.165) is 39.1 Å². The zero-order valence-corrected chi connectivity index (χ0v) is 9.89. The average Bonchev–Trinajstić information content (AvgIpc) is 2.76. The number of carbonyl (C=O) groups excluding carboxylic acids is 1. The lowest BCUT2D eigenvalue weighted by atomic mass is 9.87. The van der Waals surface area contributed by atoms with Crippen LogP contribution in [0.25, 0.3) is 0 Å². The van der Waals surface area contributed by atoms with Crippen molar-refractivity contribution in [2.75, 3.05) is 26.3 Å². The molecule has 2 atom stereocenters. The molecule has 0 saturated carbocycles. The van der Waals surface area contributed by atoms with E-state index in [1.165, 1.54) is 0 Å². The predicted octanol–water partition coefficient (Wildman–Crippen LogP) is 0.394. The number of rotatable bonds is 1. The number of hydrogen-bond acceptors (Lipinski definition) is 3. The van der Waals surface area contributed by atoms with Crippen molar-refractivity contribution in [2.45, 2.75) is 25.8 Å². The van der Waals surface area contributed by atoms with Gasteiger partial charge in [-0.15, -0.1) is 12.4 Å². The molecular weight excluding hydrogens is 216 g/mol. The fourth-order valence-corrected chi connectivity index (χ4v) is 2.38. The van der Waals surface area contributed by atoms with E-state index < -0.39 is 0 Å². The molecule has 2 aliphatic rings. The Morgan fingerprint density at radius 2 is 2.27 bits per heavy atom. The van der Waals surface area contributed by atoms with Crippen LogP contribution in [0.1, 0.15) is 19.8 Å². The van der Waals surface area contributed by atoms with Crippen LogP contribution in [0, 0.1) is 5.41 Å². The first-order valence-electron chi connectivity index (χ1n) is 5.25. The Balaban J connectivity index is 0.00000112. The molecule has 15 heavy (non-hydrogen) atoms. The zero-order valence-electron chi connectivity index (χ0n) is 9.07.